The van der Waals surface area contributed by atoms with Crippen molar-refractivity contribution < 1.29 is 14.4 Å². The standard InChI is InChI=1S/C18H17N3O3/c1-11(2)23-16-9-6-13(10-15(16)22)17-20-18(24-21-17)12-4-7-14(19-3)8-5-12/h4-11,22H,3H2,1-2H3. The highest BCUT2D eigenvalue weighted by Gasteiger charge is 2.13. The molecule has 0 atom stereocenters. The molecule has 0 bridgehead atoms. The van der Waals surface area contributed by atoms with Crippen LogP contribution in [0.2, 0.25) is 0 Å². The molecule has 0 aliphatic carbocycles. The number of nitrogens with zero attached hydrogens (tertiary/aromatic N) is 3. The van der Waals surface area contributed by atoms with Crippen LogP contribution >= 0.6 is 0 Å². The molecule has 0 aliphatic heterocycles. The highest BCUT2D eigenvalue weighted by Crippen LogP contribution is 2.32. The molecule has 6 nitrogen and oxygen atoms in total. The summed E-state index contributed by atoms with van der Waals surface area (Å²) < 4.78 is 10.8. The second kappa shape index (κ2) is 6.54. The number of ether oxygens (including phenoxy) is 1. The maximum Gasteiger partial charge on any atom is 0.258 e. The van der Waals surface area contributed by atoms with Crippen LogP contribution in [0, 0.1) is 0 Å². The van der Waals surface area contributed by atoms with E-state index in [1.165, 1.54) is 0 Å². The van der Waals surface area contributed by atoms with Gasteiger partial charge in [0.25, 0.3) is 5.89 Å². The van der Waals surface area contributed by atoms with Gasteiger partial charge in [-0.05, 0) is 63.0 Å². The number of phenolic OH excluding ortho intramolecular Hbond substituents is 1. The number of rotatable bonds is 5. The summed E-state index contributed by atoms with van der Waals surface area (Å²) in [7, 11) is 0. The summed E-state index contributed by atoms with van der Waals surface area (Å²) in [6.07, 6.45) is -0.0217. The van der Waals surface area contributed by atoms with Crippen LogP contribution in [0.25, 0.3) is 22.8 Å². The first-order valence-electron chi connectivity index (χ1n) is 7.47. The van der Waals surface area contributed by atoms with Gasteiger partial charge < -0.3 is 14.4 Å². The van der Waals surface area contributed by atoms with Gasteiger partial charge in [-0.2, -0.15) is 4.98 Å². The lowest BCUT2D eigenvalue weighted by Crippen LogP contribution is -2.05. The van der Waals surface area contributed by atoms with Crippen LogP contribution in [0.15, 0.2) is 52.0 Å². The van der Waals surface area contributed by atoms with Crippen molar-refractivity contribution in [3.63, 3.8) is 0 Å². The van der Waals surface area contributed by atoms with Crippen LogP contribution < -0.4 is 4.74 Å². The number of aromatic hydroxyl groups is 1. The zero-order chi connectivity index (χ0) is 17.1. The highest BCUT2D eigenvalue weighted by atomic mass is 16.5. The molecular formula is C18H17N3O3. The predicted molar refractivity (Wildman–Crippen MR) is 91.8 cm³/mol. The summed E-state index contributed by atoms with van der Waals surface area (Å²) >= 11 is 0. The molecule has 1 aromatic heterocycles. The van der Waals surface area contributed by atoms with E-state index in [-0.39, 0.29) is 11.9 Å². The summed E-state index contributed by atoms with van der Waals surface area (Å²) in [4.78, 5) is 8.20. The number of phenols is 1. The van der Waals surface area contributed by atoms with Crippen molar-refractivity contribution in [1.82, 2.24) is 10.1 Å². The predicted octanol–water partition coefficient (Wildman–Crippen LogP) is 4.23. The number of aromatic nitrogens is 2. The van der Waals surface area contributed by atoms with E-state index in [0.717, 1.165) is 11.3 Å². The van der Waals surface area contributed by atoms with Crippen LogP contribution in [0.3, 0.4) is 0 Å². The van der Waals surface area contributed by atoms with Gasteiger partial charge in [0.05, 0.1) is 11.8 Å². The number of hydrogen-bond acceptors (Lipinski definition) is 6. The highest BCUT2D eigenvalue weighted by molar-refractivity contribution is 5.64. The molecule has 0 saturated heterocycles. The Kier molecular flexibility index (Phi) is 4.29. The first-order chi connectivity index (χ1) is 11.6. The third-order valence-corrected chi connectivity index (χ3v) is 3.30. The minimum Gasteiger partial charge on any atom is -0.504 e. The number of benzene rings is 2. The lowest BCUT2D eigenvalue weighted by molar-refractivity contribution is 0.232. The molecule has 0 saturated carbocycles. The van der Waals surface area contributed by atoms with Crippen molar-refractivity contribution >= 4 is 12.4 Å². The van der Waals surface area contributed by atoms with Crippen LogP contribution in [0.1, 0.15) is 13.8 Å². The lowest BCUT2D eigenvalue weighted by Gasteiger charge is -2.11. The van der Waals surface area contributed by atoms with E-state index in [0.29, 0.717) is 23.0 Å². The molecule has 0 fully saturated rings. The SMILES string of the molecule is C=Nc1ccc(-c2nc(-c3ccc(OC(C)C)c(O)c3)no2)cc1. The number of aliphatic imine (C=N–C) groups is 1. The summed E-state index contributed by atoms with van der Waals surface area (Å²) in [6, 6.07) is 12.3. The van der Waals surface area contributed by atoms with E-state index in [2.05, 4.69) is 21.9 Å². The fraction of sp³-hybridized carbons (Fsp3) is 0.167. The van der Waals surface area contributed by atoms with Gasteiger partial charge in [-0.1, -0.05) is 5.16 Å². The molecule has 2 aromatic carbocycles. The minimum atomic E-state index is -0.0217. The Labute approximate surface area is 139 Å². The van der Waals surface area contributed by atoms with Gasteiger partial charge in [0.15, 0.2) is 11.5 Å². The van der Waals surface area contributed by atoms with E-state index in [9.17, 15) is 5.11 Å². The van der Waals surface area contributed by atoms with Crippen molar-refractivity contribution in [1.29, 1.82) is 0 Å². The van der Waals surface area contributed by atoms with Crippen LogP contribution in [0.4, 0.5) is 5.69 Å². The molecule has 0 amide bonds. The molecule has 1 heterocycles. The maximum atomic E-state index is 10.1. The molecule has 24 heavy (non-hydrogen) atoms. The fourth-order valence-electron chi connectivity index (χ4n) is 2.18. The molecule has 0 aliphatic rings. The van der Waals surface area contributed by atoms with Crippen molar-refractivity contribution in [2.24, 2.45) is 4.99 Å². The Bertz CT molecular complexity index is 854. The summed E-state index contributed by atoms with van der Waals surface area (Å²) in [5, 5.41) is 14.0. The van der Waals surface area contributed by atoms with Gasteiger partial charge in [0.1, 0.15) is 0 Å². The molecule has 3 rings (SSSR count). The Morgan fingerprint density at radius 3 is 2.46 bits per heavy atom. The lowest BCUT2D eigenvalue weighted by atomic mass is 10.2. The van der Waals surface area contributed by atoms with E-state index in [1.54, 1.807) is 18.2 Å². The van der Waals surface area contributed by atoms with Gasteiger partial charge in [0, 0.05) is 11.1 Å². The Balaban J connectivity index is 1.87. The van der Waals surface area contributed by atoms with E-state index in [4.69, 9.17) is 9.26 Å². The normalized spacial score (nSPS) is 10.8. The average molecular weight is 323 g/mol. The fourth-order valence-corrected chi connectivity index (χ4v) is 2.18. The van der Waals surface area contributed by atoms with E-state index in [1.807, 2.05) is 38.1 Å². The van der Waals surface area contributed by atoms with E-state index >= 15 is 0 Å². The second-order valence-corrected chi connectivity index (χ2v) is 5.48. The molecule has 0 spiro atoms. The van der Waals surface area contributed by atoms with Crippen molar-refractivity contribution in [3.8, 4) is 34.3 Å². The van der Waals surface area contributed by atoms with Crippen molar-refractivity contribution in [3.05, 3.63) is 42.5 Å². The third kappa shape index (κ3) is 3.27. The minimum absolute atomic E-state index is 0.0217. The largest absolute Gasteiger partial charge is 0.504 e. The van der Waals surface area contributed by atoms with Gasteiger partial charge >= 0.3 is 0 Å². The first kappa shape index (κ1) is 15.7. The van der Waals surface area contributed by atoms with Crippen molar-refractivity contribution in [2.45, 2.75) is 20.0 Å². The molecule has 0 unspecified atom stereocenters. The Morgan fingerprint density at radius 2 is 1.83 bits per heavy atom. The maximum absolute atomic E-state index is 10.1. The summed E-state index contributed by atoms with van der Waals surface area (Å²) in [5.74, 6) is 1.24. The molecule has 6 heteroatoms. The Morgan fingerprint density at radius 1 is 1.12 bits per heavy atom. The molecule has 3 aromatic rings. The summed E-state index contributed by atoms with van der Waals surface area (Å²) in [5.41, 5.74) is 2.19. The quantitative estimate of drug-likeness (QED) is 0.711. The Hall–Kier alpha value is -3.15. The van der Waals surface area contributed by atoms with Gasteiger partial charge in [-0.3, -0.25) is 4.99 Å². The molecular weight excluding hydrogens is 306 g/mol. The zero-order valence-corrected chi connectivity index (χ0v) is 13.4. The van der Waals surface area contributed by atoms with Gasteiger partial charge in [0.2, 0.25) is 5.82 Å². The number of hydrogen-bond donors (Lipinski definition) is 1. The molecule has 1 N–H and O–H groups in total. The van der Waals surface area contributed by atoms with Gasteiger partial charge in [-0.25, -0.2) is 0 Å². The van der Waals surface area contributed by atoms with E-state index < -0.39 is 0 Å². The monoisotopic (exact) mass is 323 g/mol. The van der Waals surface area contributed by atoms with Crippen LogP contribution in [-0.4, -0.2) is 28.1 Å². The summed E-state index contributed by atoms with van der Waals surface area (Å²) in [6.45, 7) is 7.26. The average Bonchev–Trinajstić information content (AvgIpc) is 3.06. The topological polar surface area (TPSA) is 80.7 Å². The van der Waals surface area contributed by atoms with Gasteiger partial charge in [-0.15, -0.1) is 0 Å². The molecule has 122 valence electrons. The van der Waals surface area contributed by atoms with Crippen LogP contribution in [0.5, 0.6) is 11.5 Å². The van der Waals surface area contributed by atoms with Crippen molar-refractivity contribution in [2.75, 3.05) is 0 Å². The second-order valence-electron chi connectivity index (χ2n) is 5.48. The zero-order valence-electron chi connectivity index (χ0n) is 13.4. The first-order valence-corrected chi connectivity index (χ1v) is 7.47. The smallest absolute Gasteiger partial charge is 0.258 e. The molecule has 0 radical (unpaired) electrons. The van der Waals surface area contributed by atoms with Crippen LogP contribution in [-0.2, 0) is 0 Å². The third-order valence-electron chi connectivity index (χ3n) is 3.30.